The van der Waals surface area contributed by atoms with Crippen LogP contribution in [0.25, 0.3) is 17.1 Å². The number of benzene rings is 2. The molecular weight excluding hydrogens is 446 g/mol. The van der Waals surface area contributed by atoms with E-state index in [0.717, 1.165) is 16.6 Å². The van der Waals surface area contributed by atoms with Gasteiger partial charge < -0.3 is 10.6 Å². The summed E-state index contributed by atoms with van der Waals surface area (Å²) in [5.41, 5.74) is 3.33. The van der Waals surface area contributed by atoms with Crippen molar-refractivity contribution in [1.29, 1.82) is 0 Å². The zero-order valence-corrected chi connectivity index (χ0v) is 19.0. The topological polar surface area (TPSA) is 96.3 Å². The molecule has 0 spiro atoms. The molecular formula is C23H20ClN5O2S. The number of halogens is 1. The summed E-state index contributed by atoms with van der Waals surface area (Å²) in [6.07, 6.45) is 5.02. The van der Waals surface area contributed by atoms with E-state index < -0.39 is 0 Å². The Morgan fingerprint density at radius 3 is 2.69 bits per heavy atom. The molecule has 2 amide bonds. The van der Waals surface area contributed by atoms with Crippen LogP contribution in [0.3, 0.4) is 0 Å². The van der Waals surface area contributed by atoms with Crippen molar-refractivity contribution < 1.29 is 9.59 Å². The number of carbonyl (C=O) groups excluding carboxylic acids is 2. The number of thioether (sulfide) groups is 1. The fourth-order valence-electron chi connectivity index (χ4n) is 2.96. The van der Waals surface area contributed by atoms with Gasteiger partial charge in [-0.25, -0.2) is 0 Å². The summed E-state index contributed by atoms with van der Waals surface area (Å²) in [6.45, 7) is 4.63. The van der Waals surface area contributed by atoms with Crippen LogP contribution < -0.4 is 10.6 Å². The lowest BCUT2D eigenvalue weighted by molar-refractivity contribution is -0.113. The summed E-state index contributed by atoms with van der Waals surface area (Å²) in [7, 11) is 0. The molecule has 0 fully saturated rings. The predicted octanol–water partition coefficient (Wildman–Crippen LogP) is 4.75. The number of nitrogens with zero attached hydrogens (tertiary/aromatic N) is 3. The van der Waals surface area contributed by atoms with Crippen molar-refractivity contribution in [1.82, 2.24) is 15.3 Å². The average molecular weight is 466 g/mol. The van der Waals surface area contributed by atoms with E-state index in [-0.39, 0.29) is 11.8 Å². The highest BCUT2D eigenvalue weighted by Gasteiger charge is 2.23. The molecule has 0 aliphatic carbocycles. The first-order valence-corrected chi connectivity index (χ1v) is 11.2. The smallest absolute Gasteiger partial charge is 0.286 e. The van der Waals surface area contributed by atoms with E-state index in [1.165, 1.54) is 11.8 Å². The van der Waals surface area contributed by atoms with E-state index >= 15 is 0 Å². The highest BCUT2D eigenvalue weighted by Crippen LogP contribution is 2.32. The van der Waals surface area contributed by atoms with Gasteiger partial charge in [0.2, 0.25) is 0 Å². The lowest BCUT2D eigenvalue weighted by atomic mass is 10.1. The second-order valence-corrected chi connectivity index (χ2v) is 9.00. The molecule has 0 unspecified atom stereocenters. The van der Waals surface area contributed by atoms with Crippen molar-refractivity contribution >= 4 is 63.1 Å². The minimum Gasteiger partial charge on any atom is -0.352 e. The third kappa shape index (κ3) is 5.15. The summed E-state index contributed by atoms with van der Waals surface area (Å²) < 4.78 is 0. The third-order valence-corrected chi connectivity index (χ3v) is 5.78. The Bertz CT molecular complexity index is 1270. The number of carbonyl (C=O) groups is 2. The number of anilines is 1. The lowest BCUT2D eigenvalue weighted by Crippen LogP contribution is -2.27. The fourth-order valence-corrected chi connectivity index (χ4v) is 3.95. The molecule has 1 aliphatic heterocycles. The van der Waals surface area contributed by atoms with Gasteiger partial charge in [-0.15, -0.1) is 0 Å². The van der Waals surface area contributed by atoms with Crippen molar-refractivity contribution in [2.24, 2.45) is 10.9 Å². The molecule has 0 saturated heterocycles. The van der Waals surface area contributed by atoms with Crippen molar-refractivity contribution in [3.05, 3.63) is 69.8 Å². The van der Waals surface area contributed by atoms with Crippen molar-refractivity contribution in [2.75, 3.05) is 11.9 Å². The van der Waals surface area contributed by atoms with Crippen LogP contribution in [-0.2, 0) is 4.79 Å². The van der Waals surface area contributed by atoms with Gasteiger partial charge in [-0.3, -0.25) is 19.6 Å². The second kappa shape index (κ2) is 9.50. The monoisotopic (exact) mass is 465 g/mol. The molecule has 2 heterocycles. The number of hydrogen-bond acceptors (Lipinski definition) is 6. The van der Waals surface area contributed by atoms with Gasteiger partial charge in [-0.05, 0) is 59.7 Å². The maximum absolute atomic E-state index is 12.4. The van der Waals surface area contributed by atoms with Crippen LogP contribution in [0.4, 0.5) is 5.69 Å². The quantitative estimate of drug-likeness (QED) is 0.528. The number of amides is 2. The molecule has 7 nitrogen and oxygen atoms in total. The van der Waals surface area contributed by atoms with Gasteiger partial charge in [0.15, 0.2) is 5.17 Å². The molecule has 2 aromatic carbocycles. The second-order valence-electron chi connectivity index (χ2n) is 7.56. The first kappa shape index (κ1) is 22.0. The minimum absolute atomic E-state index is 0.185. The van der Waals surface area contributed by atoms with Gasteiger partial charge in [0.05, 0.1) is 26.6 Å². The van der Waals surface area contributed by atoms with Gasteiger partial charge in [0, 0.05) is 24.5 Å². The Labute approximate surface area is 194 Å². The van der Waals surface area contributed by atoms with Crippen LogP contribution in [-0.4, -0.2) is 33.5 Å². The van der Waals surface area contributed by atoms with E-state index in [2.05, 4.69) is 25.6 Å². The molecule has 4 rings (SSSR count). The van der Waals surface area contributed by atoms with Crippen molar-refractivity contribution in [3.63, 3.8) is 0 Å². The normalized spacial score (nSPS) is 14.8. The molecule has 3 aromatic rings. The zero-order valence-electron chi connectivity index (χ0n) is 17.4. The number of hydrogen-bond donors (Lipinski definition) is 2. The SMILES string of the molecule is CC(C)CNC(=O)c1ccc(Cl)c(NC2=NC(=O)/C(=C/c3ccc4nccnc4c3)S2)c1. The largest absolute Gasteiger partial charge is 0.352 e. The molecule has 0 radical (unpaired) electrons. The Hall–Kier alpha value is -3.23. The highest BCUT2D eigenvalue weighted by molar-refractivity contribution is 8.18. The van der Waals surface area contributed by atoms with E-state index in [0.29, 0.717) is 38.8 Å². The Morgan fingerprint density at radius 1 is 1.12 bits per heavy atom. The molecule has 1 aromatic heterocycles. The first-order chi connectivity index (χ1) is 15.4. The molecule has 2 N–H and O–H groups in total. The number of fused-ring (bicyclic) bond motifs is 1. The van der Waals surface area contributed by atoms with E-state index in [9.17, 15) is 9.59 Å². The number of nitrogens with one attached hydrogen (secondary N) is 2. The van der Waals surface area contributed by atoms with Gasteiger partial charge in [-0.2, -0.15) is 4.99 Å². The van der Waals surface area contributed by atoms with Gasteiger partial charge >= 0.3 is 0 Å². The first-order valence-electron chi connectivity index (χ1n) is 9.97. The predicted molar refractivity (Wildman–Crippen MR) is 130 cm³/mol. The van der Waals surface area contributed by atoms with Gasteiger partial charge in [0.1, 0.15) is 0 Å². The summed E-state index contributed by atoms with van der Waals surface area (Å²) in [5.74, 6) is -0.187. The molecule has 32 heavy (non-hydrogen) atoms. The number of rotatable bonds is 5. The van der Waals surface area contributed by atoms with E-state index in [1.54, 1.807) is 36.7 Å². The average Bonchev–Trinajstić information content (AvgIpc) is 3.12. The highest BCUT2D eigenvalue weighted by atomic mass is 35.5. The summed E-state index contributed by atoms with van der Waals surface area (Å²) >= 11 is 7.50. The number of aliphatic imine (C=N–C) groups is 1. The van der Waals surface area contributed by atoms with E-state index in [4.69, 9.17) is 11.6 Å². The van der Waals surface area contributed by atoms with Crippen LogP contribution in [0.15, 0.2) is 58.7 Å². The Balaban J connectivity index is 1.49. The van der Waals surface area contributed by atoms with Crippen molar-refractivity contribution in [2.45, 2.75) is 13.8 Å². The molecule has 0 bridgehead atoms. The van der Waals surface area contributed by atoms with Gasteiger partial charge in [-0.1, -0.05) is 31.5 Å². The van der Waals surface area contributed by atoms with Crippen LogP contribution >= 0.6 is 23.4 Å². The maximum Gasteiger partial charge on any atom is 0.286 e. The molecule has 1 aliphatic rings. The number of amidine groups is 1. The van der Waals surface area contributed by atoms with Crippen LogP contribution in [0.5, 0.6) is 0 Å². The maximum atomic E-state index is 12.4. The molecule has 0 atom stereocenters. The standard InChI is InChI=1S/C23H20ClN5O2S/c1-13(2)12-27-21(30)15-4-5-16(24)18(11-15)28-23-29-22(31)20(32-23)10-14-3-6-17-19(9-14)26-8-7-25-17/h3-11,13H,12H2,1-2H3,(H,27,30)(H,28,29,31)/b20-10-. The zero-order chi connectivity index (χ0) is 22.7. The van der Waals surface area contributed by atoms with Crippen LogP contribution in [0.2, 0.25) is 5.02 Å². The number of aromatic nitrogens is 2. The Kier molecular flexibility index (Phi) is 6.53. The molecule has 162 valence electrons. The fraction of sp³-hybridized carbons (Fsp3) is 0.174. The van der Waals surface area contributed by atoms with Gasteiger partial charge in [0.25, 0.3) is 11.8 Å². The molecule has 9 heteroatoms. The third-order valence-electron chi connectivity index (χ3n) is 4.55. The Morgan fingerprint density at radius 2 is 1.91 bits per heavy atom. The van der Waals surface area contributed by atoms with Crippen LogP contribution in [0.1, 0.15) is 29.8 Å². The summed E-state index contributed by atoms with van der Waals surface area (Å²) in [5, 5.41) is 6.75. The summed E-state index contributed by atoms with van der Waals surface area (Å²) in [4.78, 5) is 37.8. The molecule has 0 saturated carbocycles. The van der Waals surface area contributed by atoms with Crippen LogP contribution in [0, 0.1) is 5.92 Å². The minimum atomic E-state index is -0.348. The van der Waals surface area contributed by atoms with Crippen molar-refractivity contribution in [3.8, 4) is 0 Å². The lowest BCUT2D eigenvalue weighted by Gasteiger charge is -2.11. The summed E-state index contributed by atoms with van der Waals surface area (Å²) in [6, 6.07) is 10.5. The van der Waals surface area contributed by atoms with E-state index in [1.807, 2.05) is 32.0 Å².